The van der Waals surface area contributed by atoms with Gasteiger partial charge in [-0.2, -0.15) is 0 Å². The van der Waals surface area contributed by atoms with E-state index in [-0.39, 0.29) is 18.6 Å². The van der Waals surface area contributed by atoms with E-state index < -0.39 is 18.5 Å². The third kappa shape index (κ3) is 5.26. The molecule has 1 aliphatic heterocycles. The van der Waals surface area contributed by atoms with E-state index in [1.807, 2.05) is 54.6 Å². The fourth-order valence-corrected chi connectivity index (χ4v) is 4.16. The Morgan fingerprint density at radius 1 is 1.00 bits per heavy atom. The molecular formula is C22H21NO5S. The molecule has 1 aliphatic rings. The molecule has 0 aromatic heterocycles. The lowest BCUT2D eigenvalue weighted by atomic mass is 10.1. The molecule has 7 heteroatoms. The second kappa shape index (κ2) is 9.93. The summed E-state index contributed by atoms with van der Waals surface area (Å²) in [6.45, 7) is 1.46. The van der Waals surface area contributed by atoms with Gasteiger partial charge in [-0.3, -0.25) is 9.69 Å². The zero-order valence-electron chi connectivity index (χ0n) is 15.9. The molecular weight excluding hydrogens is 390 g/mol. The van der Waals surface area contributed by atoms with Crippen LogP contribution in [0.2, 0.25) is 0 Å². The van der Waals surface area contributed by atoms with Crippen molar-refractivity contribution in [1.82, 2.24) is 0 Å². The Labute approximate surface area is 173 Å². The first kappa shape index (κ1) is 20.7. The van der Waals surface area contributed by atoms with Crippen LogP contribution in [0.4, 0.5) is 5.69 Å². The Balaban J connectivity index is 1.75. The van der Waals surface area contributed by atoms with Crippen molar-refractivity contribution in [2.75, 3.05) is 23.9 Å². The van der Waals surface area contributed by atoms with Crippen LogP contribution in [-0.4, -0.2) is 36.8 Å². The number of para-hydroxylation sites is 1. The summed E-state index contributed by atoms with van der Waals surface area (Å²) in [6, 6.07) is 17.2. The van der Waals surface area contributed by atoms with Crippen LogP contribution in [0.15, 0.2) is 71.6 Å². The van der Waals surface area contributed by atoms with Crippen LogP contribution in [0.1, 0.15) is 18.5 Å². The van der Waals surface area contributed by atoms with E-state index in [4.69, 9.17) is 9.47 Å². The van der Waals surface area contributed by atoms with Crippen molar-refractivity contribution in [3.05, 3.63) is 72.3 Å². The van der Waals surface area contributed by atoms with E-state index in [9.17, 15) is 14.4 Å². The largest absolute Gasteiger partial charge is 0.463 e. The predicted molar refractivity (Wildman–Crippen MR) is 111 cm³/mol. The number of thioether (sulfide) groups is 1. The van der Waals surface area contributed by atoms with Gasteiger partial charge in [0, 0.05) is 22.8 Å². The van der Waals surface area contributed by atoms with Crippen LogP contribution in [-0.2, 0) is 23.9 Å². The summed E-state index contributed by atoms with van der Waals surface area (Å²) in [7, 11) is 0. The molecule has 1 heterocycles. The molecule has 2 aromatic rings. The van der Waals surface area contributed by atoms with Gasteiger partial charge in [0.2, 0.25) is 0 Å². The number of anilines is 1. The highest BCUT2D eigenvalue weighted by Gasteiger charge is 2.32. The van der Waals surface area contributed by atoms with Gasteiger partial charge in [-0.05, 0) is 24.6 Å². The molecule has 6 nitrogen and oxygen atoms in total. The standard InChI is InChI=1S/C22H21NO5S/c1-2-27-21(25)12-13-22(26)28-14-20(24)23-17-10-6-7-11-19(17)29-15-18(23)16-8-4-3-5-9-16/h3-13,18H,2,14-15H2,1H3/b13-12+/t18-/m0/s1. The Bertz CT molecular complexity index is 912. The minimum absolute atomic E-state index is 0.169. The van der Waals surface area contributed by atoms with Crippen LogP contribution < -0.4 is 4.90 Å². The Morgan fingerprint density at radius 2 is 1.66 bits per heavy atom. The smallest absolute Gasteiger partial charge is 0.331 e. The molecule has 0 N–H and O–H groups in total. The molecule has 0 saturated heterocycles. The molecule has 0 radical (unpaired) electrons. The van der Waals surface area contributed by atoms with Crippen LogP contribution >= 0.6 is 11.8 Å². The zero-order valence-corrected chi connectivity index (χ0v) is 16.8. The second-order valence-electron chi connectivity index (χ2n) is 6.16. The number of hydrogen-bond donors (Lipinski definition) is 0. The third-order valence-electron chi connectivity index (χ3n) is 4.27. The maximum Gasteiger partial charge on any atom is 0.331 e. The van der Waals surface area contributed by atoms with Crippen molar-refractivity contribution in [1.29, 1.82) is 0 Å². The highest BCUT2D eigenvalue weighted by molar-refractivity contribution is 7.99. The normalized spacial score (nSPS) is 15.6. The van der Waals surface area contributed by atoms with E-state index in [1.165, 1.54) is 0 Å². The van der Waals surface area contributed by atoms with Gasteiger partial charge in [0.15, 0.2) is 6.61 Å². The van der Waals surface area contributed by atoms with Gasteiger partial charge in [0.25, 0.3) is 5.91 Å². The highest BCUT2D eigenvalue weighted by Crippen LogP contribution is 2.43. The van der Waals surface area contributed by atoms with Crippen LogP contribution in [0.3, 0.4) is 0 Å². The summed E-state index contributed by atoms with van der Waals surface area (Å²) in [6.07, 6.45) is 1.94. The summed E-state index contributed by atoms with van der Waals surface area (Å²) in [5.41, 5.74) is 1.80. The third-order valence-corrected chi connectivity index (χ3v) is 5.40. The molecule has 0 unspecified atom stereocenters. The number of carbonyl (C=O) groups is 3. The molecule has 1 amide bonds. The number of fused-ring (bicyclic) bond motifs is 1. The number of esters is 2. The van der Waals surface area contributed by atoms with E-state index in [2.05, 4.69) is 0 Å². The SMILES string of the molecule is CCOC(=O)/C=C/C(=O)OCC(=O)N1c2ccccc2SC[C@H]1c1ccccc1. The maximum atomic E-state index is 13.0. The molecule has 0 aliphatic carbocycles. The van der Waals surface area contributed by atoms with Crippen molar-refractivity contribution in [3.63, 3.8) is 0 Å². The van der Waals surface area contributed by atoms with Crippen molar-refractivity contribution in [2.45, 2.75) is 17.9 Å². The lowest BCUT2D eigenvalue weighted by molar-refractivity contribution is -0.143. The summed E-state index contributed by atoms with van der Waals surface area (Å²) in [4.78, 5) is 38.8. The molecule has 0 saturated carbocycles. The van der Waals surface area contributed by atoms with Crippen molar-refractivity contribution in [2.24, 2.45) is 0 Å². The first-order valence-corrected chi connectivity index (χ1v) is 10.2. The molecule has 29 heavy (non-hydrogen) atoms. The van der Waals surface area contributed by atoms with Crippen molar-refractivity contribution >= 4 is 35.3 Å². The number of ether oxygens (including phenoxy) is 2. The summed E-state index contributed by atoms with van der Waals surface area (Å²) in [5.74, 6) is -1.04. The van der Waals surface area contributed by atoms with Gasteiger partial charge in [-0.15, -0.1) is 11.8 Å². The number of carbonyl (C=O) groups excluding carboxylic acids is 3. The summed E-state index contributed by atoms with van der Waals surface area (Å²) < 4.78 is 9.76. The molecule has 0 bridgehead atoms. The fourth-order valence-electron chi connectivity index (χ4n) is 2.99. The van der Waals surface area contributed by atoms with Crippen LogP contribution in [0.25, 0.3) is 0 Å². The van der Waals surface area contributed by atoms with E-state index in [1.54, 1.807) is 23.6 Å². The second-order valence-corrected chi connectivity index (χ2v) is 7.22. The summed E-state index contributed by atoms with van der Waals surface area (Å²) in [5, 5.41) is 0. The van der Waals surface area contributed by atoms with Crippen LogP contribution in [0, 0.1) is 0 Å². The zero-order chi connectivity index (χ0) is 20.6. The Morgan fingerprint density at radius 3 is 2.38 bits per heavy atom. The minimum Gasteiger partial charge on any atom is -0.463 e. The van der Waals surface area contributed by atoms with Crippen molar-refractivity contribution in [3.8, 4) is 0 Å². The fraction of sp³-hybridized carbons (Fsp3) is 0.227. The molecule has 150 valence electrons. The first-order chi connectivity index (χ1) is 14.1. The Hall–Kier alpha value is -3.06. The number of amides is 1. The lowest BCUT2D eigenvalue weighted by Gasteiger charge is -2.37. The van der Waals surface area contributed by atoms with E-state index >= 15 is 0 Å². The molecule has 3 rings (SSSR count). The number of benzene rings is 2. The monoisotopic (exact) mass is 411 g/mol. The highest BCUT2D eigenvalue weighted by atomic mass is 32.2. The van der Waals surface area contributed by atoms with Gasteiger partial charge < -0.3 is 9.47 Å². The number of hydrogen-bond acceptors (Lipinski definition) is 6. The topological polar surface area (TPSA) is 72.9 Å². The first-order valence-electron chi connectivity index (χ1n) is 9.20. The molecule has 1 atom stereocenters. The van der Waals surface area contributed by atoms with E-state index in [0.717, 1.165) is 28.3 Å². The predicted octanol–water partition coefficient (Wildman–Crippen LogP) is 3.53. The molecule has 0 fully saturated rings. The molecule has 0 spiro atoms. The minimum atomic E-state index is -0.776. The van der Waals surface area contributed by atoms with Crippen molar-refractivity contribution < 1.29 is 23.9 Å². The quantitative estimate of drug-likeness (QED) is 0.535. The van der Waals surface area contributed by atoms with Crippen LogP contribution in [0.5, 0.6) is 0 Å². The van der Waals surface area contributed by atoms with Gasteiger partial charge in [0.1, 0.15) is 0 Å². The summed E-state index contributed by atoms with van der Waals surface area (Å²) >= 11 is 1.69. The molecule has 2 aromatic carbocycles. The Kier molecular flexibility index (Phi) is 7.08. The maximum absolute atomic E-state index is 13.0. The van der Waals surface area contributed by atoms with Gasteiger partial charge in [-0.1, -0.05) is 42.5 Å². The number of rotatable bonds is 6. The number of nitrogens with zero attached hydrogens (tertiary/aromatic N) is 1. The van der Waals surface area contributed by atoms with Gasteiger partial charge >= 0.3 is 11.9 Å². The average molecular weight is 411 g/mol. The van der Waals surface area contributed by atoms with Gasteiger partial charge in [-0.25, -0.2) is 9.59 Å². The van der Waals surface area contributed by atoms with Gasteiger partial charge in [0.05, 0.1) is 18.3 Å². The average Bonchev–Trinajstić information content (AvgIpc) is 2.76. The lowest BCUT2D eigenvalue weighted by Crippen LogP contribution is -2.41. The van der Waals surface area contributed by atoms with E-state index in [0.29, 0.717) is 5.75 Å².